The molecule has 0 bridgehead atoms. The lowest BCUT2D eigenvalue weighted by molar-refractivity contribution is -0.130. The molecule has 3 amide bonds. The number of nitrogens with two attached hydrogens (primary N) is 1. The van der Waals surface area contributed by atoms with Crippen LogP contribution in [0.2, 0.25) is 0 Å². The third kappa shape index (κ3) is 6.92. The first-order valence-electron chi connectivity index (χ1n) is 11.8. The van der Waals surface area contributed by atoms with Crippen LogP contribution < -0.4 is 21.9 Å². The van der Waals surface area contributed by atoms with E-state index in [9.17, 15) is 14.4 Å². The molecule has 1 heterocycles. The van der Waals surface area contributed by atoms with Gasteiger partial charge in [-0.25, -0.2) is 15.6 Å². The summed E-state index contributed by atoms with van der Waals surface area (Å²) in [5.74, 6) is 4.19. The summed E-state index contributed by atoms with van der Waals surface area (Å²) in [6, 6.07) is 20.7. The molecule has 0 aliphatic rings. The summed E-state index contributed by atoms with van der Waals surface area (Å²) >= 11 is 0. The van der Waals surface area contributed by atoms with Gasteiger partial charge >= 0.3 is 6.09 Å². The van der Waals surface area contributed by atoms with Gasteiger partial charge in [0, 0.05) is 19.0 Å². The van der Waals surface area contributed by atoms with Crippen LogP contribution in [0.25, 0.3) is 10.8 Å². The number of aromatic amines is 1. The second kappa shape index (κ2) is 12.3. The second-order valence-electron chi connectivity index (χ2n) is 8.44. The molecule has 0 unspecified atom stereocenters. The Kier molecular flexibility index (Phi) is 8.45. The fourth-order valence-electron chi connectivity index (χ4n) is 4.00. The van der Waals surface area contributed by atoms with Crippen LogP contribution in [-0.2, 0) is 33.8 Å². The van der Waals surface area contributed by atoms with E-state index in [1.54, 1.807) is 6.20 Å². The average molecular weight is 501 g/mol. The number of alkyl carbamates (subject to hydrolysis) is 1. The Morgan fingerprint density at radius 3 is 2.35 bits per heavy atom. The maximum absolute atomic E-state index is 13.4. The first-order chi connectivity index (χ1) is 18.0. The summed E-state index contributed by atoms with van der Waals surface area (Å²) in [4.78, 5) is 45.4. The van der Waals surface area contributed by atoms with E-state index in [0.717, 1.165) is 21.9 Å². The molecule has 3 aromatic carbocycles. The summed E-state index contributed by atoms with van der Waals surface area (Å²) in [6.45, 7) is 0.0483. The maximum Gasteiger partial charge on any atom is 0.408 e. The first-order valence-corrected chi connectivity index (χ1v) is 11.8. The molecule has 0 aliphatic heterocycles. The Morgan fingerprint density at radius 2 is 1.59 bits per heavy atom. The molecule has 10 nitrogen and oxygen atoms in total. The van der Waals surface area contributed by atoms with Crippen molar-refractivity contribution < 1.29 is 19.1 Å². The van der Waals surface area contributed by atoms with Gasteiger partial charge in [0.1, 0.15) is 18.7 Å². The van der Waals surface area contributed by atoms with Gasteiger partial charge in [0.25, 0.3) is 5.91 Å². The monoisotopic (exact) mass is 500 g/mol. The van der Waals surface area contributed by atoms with Gasteiger partial charge in [-0.15, -0.1) is 0 Å². The molecule has 0 fully saturated rings. The molecule has 4 rings (SSSR count). The van der Waals surface area contributed by atoms with E-state index in [1.807, 2.05) is 72.8 Å². The molecule has 1 aromatic heterocycles. The number of hydrazine groups is 1. The number of hydrogen-bond acceptors (Lipinski definition) is 6. The minimum absolute atomic E-state index is 0.0483. The first kappa shape index (κ1) is 25.4. The maximum atomic E-state index is 13.4. The van der Waals surface area contributed by atoms with Crippen LogP contribution in [0, 0.1) is 0 Å². The van der Waals surface area contributed by atoms with Gasteiger partial charge in [-0.3, -0.25) is 15.0 Å². The number of nitrogens with zero attached hydrogens (tertiary/aromatic N) is 1. The molecule has 2 atom stereocenters. The molecule has 10 heteroatoms. The number of carbonyl (C=O) groups excluding carboxylic acids is 3. The highest BCUT2D eigenvalue weighted by atomic mass is 16.5. The number of ether oxygens (including phenoxy) is 1. The number of benzene rings is 3. The van der Waals surface area contributed by atoms with E-state index in [0.29, 0.717) is 5.69 Å². The minimum atomic E-state index is -1.03. The number of amides is 3. The van der Waals surface area contributed by atoms with Crippen LogP contribution in [0.3, 0.4) is 0 Å². The van der Waals surface area contributed by atoms with E-state index in [4.69, 9.17) is 10.6 Å². The minimum Gasteiger partial charge on any atom is -0.445 e. The summed E-state index contributed by atoms with van der Waals surface area (Å²) in [7, 11) is 0. The largest absolute Gasteiger partial charge is 0.445 e. The highest BCUT2D eigenvalue weighted by Crippen LogP contribution is 2.20. The fourth-order valence-corrected chi connectivity index (χ4v) is 4.00. The summed E-state index contributed by atoms with van der Waals surface area (Å²) in [6.07, 6.45) is 2.62. The number of rotatable bonds is 10. The number of fused-ring (bicyclic) bond motifs is 1. The van der Waals surface area contributed by atoms with E-state index in [1.165, 1.54) is 6.33 Å². The van der Waals surface area contributed by atoms with Crippen LogP contribution in [0.4, 0.5) is 4.79 Å². The highest BCUT2D eigenvalue weighted by molar-refractivity contribution is 5.92. The van der Waals surface area contributed by atoms with Gasteiger partial charge in [0.15, 0.2) is 0 Å². The molecular formula is C27H28N6O4. The van der Waals surface area contributed by atoms with Crippen molar-refractivity contribution >= 4 is 28.7 Å². The number of carbonyl (C=O) groups is 3. The van der Waals surface area contributed by atoms with Crippen LogP contribution in [0.5, 0.6) is 0 Å². The number of hydrogen-bond donors (Lipinski definition) is 5. The third-order valence-electron chi connectivity index (χ3n) is 5.87. The molecule has 0 radical (unpaired) electrons. The summed E-state index contributed by atoms with van der Waals surface area (Å²) < 4.78 is 5.35. The van der Waals surface area contributed by atoms with Gasteiger partial charge in [0.05, 0.1) is 12.0 Å². The standard InChI is InChI=1S/C27H28N6O4/c28-33-26(35)24(14-21-15-29-17-30-21)31-25(34)23(32-27(36)37-16-18-7-2-1-3-8-18)13-20-11-6-10-19-9-4-5-12-22(19)20/h1-12,15,17,23-24H,13-14,16,28H2,(H,29,30)(H,31,34)(H,32,36)(H,33,35)/t23-,24-/m0/s1. The number of imidazole rings is 1. The zero-order chi connectivity index (χ0) is 26.0. The van der Waals surface area contributed by atoms with Crippen molar-refractivity contribution in [2.75, 3.05) is 0 Å². The average Bonchev–Trinajstić information content (AvgIpc) is 3.44. The van der Waals surface area contributed by atoms with Crippen molar-refractivity contribution in [1.82, 2.24) is 26.0 Å². The predicted molar refractivity (Wildman–Crippen MR) is 138 cm³/mol. The molecular weight excluding hydrogens is 472 g/mol. The lowest BCUT2D eigenvalue weighted by atomic mass is 9.98. The second-order valence-corrected chi connectivity index (χ2v) is 8.44. The molecule has 37 heavy (non-hydrogen) atoms. The molecule has 0 aliphatic carbocycles. The van der Waals surface area contributed by atoms with Crippen molar-refractivity contribution in [3.8, 4) is 0 Å². The topological polar surface area (TPSA) is 151 Å². The van der Waals surface area contributed by atoms with E-state index >= 15 is 0 Å². The lowest BCUT2D eigenvalue weighted by Crippen LogP contribution is -2.56. The Balaban J connectivity index is 1.53. The Hall–Kier alpha value is -4.70. The van der Waals surface area contributed by atoms with Gasteiger partial charge < -0.3 is 20.4 Å². The normalized spacial score (nSPS) is 12.4. The van der Waals surface area contributed by atoms with Crippen molar-refractivity contribution in [3.05, 3.63) is 102 Å². The summed E-state index contributed by atoms with van der Waals surface area (Å²) in [5, 5.41) is 7.32. The predicted octanol–water partition coefficient (Wildman–Crippen LogP) is 2.12. The van der Waals surface area contributed by atoms with E-state index in [-0.39, 0.29) is 19.4 Å². The molecule has 0 spiro atoms. The Labute approximate surface area is 213 Å². The molecule has 0 saturated carbocycles. The summed E-state index contributed by atoms with van der Waals surface area (Å²) in [5.41, 5.74) is 4.30. The zero-order valence-corrected chi connectivity index (χ0v) is 20.0. The van der Waals surface area contributed by atoms with Gasteiger partial charge in [-0.1, -0.05) is 72.8 Å². The van der Waals surface area contributed by atoms with Crippen LogP contribution in [0.1, 0.15) is 16.8 Å². The van der Waals surface area contributed by atoms with Gasteiger partial charge in [0.2, 0.25) is 5.91 Å². The van der Waals surface area contributed by atoms with Crippen LogP contribution >= 0.6 is 0 Å². The molecule has 6 N–H and O–H groups in total. The molecule has 0 saturated heterocycles. The van der Waals surface area contributed by atoms with Gasteiger partial charge in [-0.2, -0.15) is 0 Å². The fraction of sp³-hybridized carbons (Fsp3) is 0.185. The number of H-pyrrole nitrogens is 1. The molecule has 4 aromatic rings. The van der Waals surface area contributed by atoms with Crippen molar-refractivity contribution in [1.29, 1.82) is 0 Å². The van der Waals surface area contributed by atoms with Crippen molar-refractivity contribution in [3.63, 3.8) is 0 Å². The third-order valence-corrected chi connectivity index (χ3v) is 5.87. The van der Waals surface area contributed by atoms with Crippen molar-refractivity contribution in [2.45, 2.75) is 31.5 Å². The highest BCUT2D eigenvalue weighted by Gasteiger charge is 2.28. The van der Waals surface area contributed by atoms with E-state index in [2.05, 4.69) is 26.0 Å². The zero-order valence-electron chi connectivity index (χ0n) is 20.0. The quantitative estimate of drug-likeness (QED) is 0.128. The number of aromatic nitrogens is 2. The smallest absolute Gasteiger partial charge is 0.408 e. The van der Waals surface area contributed by atoms with E-state index < -0.39 is 30.0 Å². The molecule has 190 valence electrons. The van der Waals surface area contributed by atoms with Crippen LogP contribution in [0.15, 0.2) is 85.3 Å². The van der Waals surface area contributed by atoms with Gasteiger partial charge in [-0.05, 0) is 21.9 Å². The Morgan fingerprint density at radius 1 is 0.865 bits per heavy atom. The lowest BCUT2D eigenvalue weighted by Gasteiger charge is -2.23. The van der Waals surface area contributed by atoms with Crippen LogP contribution in [-0.4, -0.2) is 40.0 Å². The van der Waals surface area contributed by atoms with Crippen molar-refractivity contribution in [2.24, 2.45) is 5.84 Å². The SMILES string of the molecule is NNC(=O)[C@H](Cc1c[nH]cn1)NC(=O)[C@H](Cc1cccc2ccccc12)NC(=O)OCc1ccccc1. The Bertz CT molecular complexity index is 1340. The number of nitrogens with one attached hydrogen (secondary N) is 4.